The number of carbonyl (C=O) groups is 2. The summed E-state index contributed by atoms with van der Waals surface area (Å²) in [4.78, 5) is 26.5. The summed E-state index contributed by atoms with van der Waals surface area (Å²) in [6.45, 7) is 3.35. The van der Waals surface area contributed by atoms with Crippen LogP contribution in [0.25, 0.3) is 0 Å². The highest BCUT2D eigenvalue weighted by molar-refractivity contribution is 7.88. The quantitative estimate of drug-likeness (QED) is 0.449. The van der Waals surface area contributed by atoms with Crippen molar-refractivity contribution in [1.82, 2.24) is 14.5 Å². The summed E-state index contributed by atoms with van der Waals surface area (Å²) in [7, 11) is -1.99. The van der Waals surface area contributed by atoms with E-state index in [0.29, 0.717) is 24.4 Å². The van der Waals surface area contributed by atoms with Crippen molar-refractivity contribution in [2.75, 3.05) is 52.7 Å². The first-order chi connectivity index (χ1) is 14.3. The average molecular weight is 438 g/mol. The van der Waals surface area contributed by atoms with E-state index < -0.39 is 22.0 Å². The van der Waals surface area contributed by atoms with Gasteiger partial charge in [0, 0.05) is 38.3 Å². The van der Waals surface area contributed by atoms with E-state index in [4.69, 9.17) is 9.47 Å². The second-order valence-electron chi connectivity index (χ2n) is 6.69. The van der Waals surface area contributed by atoms with Crippen LogP contribution in [0.2, 0.25) is 0 Å². The third-order valence-corrected chi connectivity index (χ3v) is 6.02. The van der Waals surface area contributed by atoms with Crippen molar-refractivity contribution in [2.24, 2.45) is 0 Å². The molecule has 1 heterocycles. The van der Waals surface area contributed by atoms with Crippen molar-refractivity contribution in [1.29, 1.82) is 0 Å². The molecule has 2 rings (SSSR count). The molecule has 0 spiro atoms. The van der Waals surface area contributed by atoms with Gasteiger partial charge in [-0.3, -0.25) is 14.5 Å². The molecule has 30 heavy (non-hydrogen) atoms. The van der Waals surface area contributed by atoms with Crippen LogP contribution in [-0.2, 0) is 19.6 Å². The minimum Gasteiger partial charge on any atom is -0.481 e. The standard InChI is InChI=1S/C20H27N3O6S/c1-4-5-14-29-17-8-6-16(7-9-17)19(24)21-15-18(20(25)28-2)22-10-12-23(13-11-22)30(3,26)27/h6-9,18H,10-15H2,1-3H3,(H,21,24)/t18-/m1/s1. The van der Waals surface area contributed by atoms with Crippen LogP contribution >= 0.6 is 0 Å². The van der Waals surface area contributed by atoms with Crippen LogP contribution in [0.4, 0.5) is 0 Å². The van der Waals surface area contributed by atoms with Gasteiger partial charge in [-0.15, -0.1) is 5.92 Å². The third-order valence-electron chi connectivity index (χ3n) is 4.72. The van der Waals surface area contributed by atoms with Gasteiger partial charge in [0.1, 0.15) is 18.4 Å². The molecule has 1 N–H and O–H groups in total. The van der Waals surface area contributed by atoms with E-state index in [2.05, 4.69) is 17.2 Å². The molecule has 1 fully saturated rings. The molecule has 0 unspecified atom stereocenters. The van der Waals surface area contributed by atoms with Gasteiger partial charge in [-0.25, -0.2) is 8.42 Å². The Labute approximate surface area is 177 Å². The minimum absolute atomic E-state index is 0.0503. The molecule has 1 atom stereocenters. The van der Waals surface area contributed by atoms with Gasteiger partial charge >= 0.3 is 5.97 Å². The molecule has 1 aromatic carbocycles. The maximum atomic E-state index is 12.5. The summed E-state index contributed by atoms with van der Waals surface area (Å²) < 4.78 is 35.0. The number of rotatable bonds is 8. The van der Waals surface area contributed by atoms with Gasteiger partial charge in [0.05, 0.1) is 13.4 Å². The fourth-order valence-electron chi connectivity index (χ4n) is 3.03. The summed E-state index contributed by atoms with van der Waals surface area (Å²) in [5.41, 5.74) is 0.425. The lowest BCUT2D eigenvalue weighted by molar-refractivity contribution is -0.147. The fourth-order valence-corrected chi connectivity index (χ4v) is 3.86. The summed E-state index contributed by atoms with van der Waals surface area (Å²) >= 11 is 0. The van der Waals surface area contributed by atoms with E-state index in [-0.39, 0.29) is 32.1 Å². The van der Waals surface area contributed by atoms with E-state index in [9.17, 15) is 18.0 Å². The number of methoxy groups -OCH3 is 1. The summed E-state index contributed by atoms with van der Waals surface area (Å²) in [6.07, 6.45) is 1.16. The van der Waals surface area contributed by atoms with Crippen LogP contribution in [-0.4, -0.2) is 88.2 Å². The maximum Gasteiger partial charge on any atom is 0.324 e. The lowest BCUT2D eigenvalue weighted by atomic mass is 10.1. The molecule has 1 aliphatic heterocycles. The lowest BCUT2D eigenvalue weighted by Gasteiger charge is -2.37. The van der Waals surface area contributed by atoms with Gasteiger partial charge < -0.3 is 14.8 Å². The number of carbonyl (C=O) groups excluding carboxylic acids is 2. The van der Waals surface area contributed by atoms with E-state index in [0.717, 1.165) is 6.26 Å². The van der Waals surface area contributed by atoms with E-state index in [1.54, 1.807) is 31.2 Å². The summed E-state index contributed by atoms with van der Waals surface area (Å²) in [5.74, 6) is 5.31. The molecule has 1 saturated heterocycles. The molecule has 10 heteroatoms. The number of ether oxygens (including phenoxy) is 2. The number of nitrogens with zero attached hydrogens (tertiary/aromatic N) is 2. The molecule has 0 saturated carbocycles. The maximum absolute atomic E-state index is 12.5. The van der Waals surface area contributed by atoms with Gasteiger partial charge in [0.2, 0.25) is 10.0 Å². The van der Waals surface area contributed by atoms with Gasteiger partial charge in [-0.1, -0.05) is 5.92 Å². The number of amides is 1. The third kappa shape index (κ3) is 6.73. The predicted molar refractivity (Wildman–Crippen MR) is 112 cm³/mol. The molecule has 9 nitrogen and oxygen atoms in total. The van der Waals surface area contributed by atoms with E-state index >= 15 is 0 Å². The van der Waals surface area contributed by atoms with Crippen LogP contribution in [0, 0.1) is 11.8 Å². The molecule has 0 bridgehead atoms. The molecule has 1 aliphatic rings. The highest BCUT2D eigenvalue weighted by atomic mass is 32.2. The predicted octanol–water partition coefficient (Wildman–Crippen LogP) is -0.0627. The second-order valence-corrected chi connectivity index (χ2v) is 8.67. The van der Waals surface area contributed by atoms with Crippen LogP contribution in [0.3, 0.4) is 0 Å². The number of nitrogens with one attached hydrogen (secondary N) is 1. The van der Waals surface area contributed by atoms with Crippen LogP contribution < -0.4 is 10.1 Å². The molecular weight excluding hydrogens is 410 g/mol. The molecule has 1 aromatic rings. The molecular formula is C20H27N3O6S. The van der Waals surface area contributed by atoms with Crippen molar-refractivity contribution in [3.05, 3.63) is 29.8 Å². The Morgan fingerprint density at radius 1 is 1.17 bits per heavy atom. The molecule has 0 aromatic heterocycles. The first kappa shape index (κ1) is 23.7. The zero-order valence-corrected chi connectivity index (χ0v) is 18.2. The first-order valence-corrected chi connectivity index (χ1v) is 11.3. The Kier molecular flexibility index (Phi) is 8.65. The molecule has 1 amide bonds. The Morgan fingerprint density at radius 3 is 2.33 bits per heavy atom. The highest BCUT2D eigenvalue weighted by Gasteiger charge is 2.32. The number of hydrogen-bond acceptors (Lipinski definition) is 7. The van der Waals surface area contributed by atoms with Crippen molar-refractivity contribution in [2.45, 2.75) is 13.0 Å². The number of hydrogen-bond donors (Lipinski definition) is 1. The molecule has 164 valence electrons. The fraction of sp³-hybridized carbons (Fsp3) is 0.500. The Balaban J connectivity index is 1.95. The Morgan fingerprint density at radius 2 is 1.80 bits per heavy atom. The minimum atomic E-state index is -3.27. The SMILES string of the molecule is CC#CCOc1ccc(C(=O)NC[C@H](C(=O)OC)N2CCN(S(C)(=O)=O)CC2)cc1. The van der Waals surface area contributed by atoms with Crippen LogP contribution in [0.1, 0.15) is 17.3 Å². The van der Waals surface area contributed by atoms with Gasteiger partial charge in [0.15, 0.2) is 0 Å². The highest BCUT2D eigenvalue weighted by Crippen LogP contribution is 2.13. The number of sulfonamides is 1. The van der Waals surface area contributed by atoms with E-state index in [1.807, 2.05) is 4.90 Å². The molecule has 0 aliphatic carbocycles. The van der Waals surface area contributed by atoms with Crippen molar-refractivity contribution >= 4 is 21.9 Å². The number of benzene rings is 1. The van der Waals surface area contributed by atoms with Gasteiger partial charge in [-0.2, -0.15) is 4.31 Å². The van der Waals surface area contributed by atoms with Crippen LogP contribution in [0.5, 0.6) is 5.75 Å². The molecule has 0 radical (unpaired) electrons. The normalized spacial score (nSPS) is 16.1. The summed E-state index contributed by atoms with van der Waals surface area (Å²) in [5, 5.41) is 2.75. The van der Waals surface area contributed by atoms with Gasteiger partial charge in [0.25, 0.3) is 5.91 Å². The van der Waals surface area contributed by atoms with Crippen molar-refractivity contribution in [3.8, 4) is 17.6 Å². The Hall–Kier alpha value is -2.61. The van der Waals surface area contributed by atoms with Gasteiger partial charge in [-0.05, 0) is 31.2 Å². The number of piperazine rings is 1. The average Bonchev–Trinajstić information content (AvgIpc) is 2.74. The first-order valence-electron chi connectivity index (χ1n) is 9.44. The Bertz CT molecular complexity index is 897. The van der Waals surface area contributed by atoms with Crippen molar-refractivity contribution < 1.29 is 27.5 Å². The zero-order valence-electron chi connectivity index (χ0n) is 17.4. The monoisotopic (exact) mass is 437 g/mol. The zero-order chi connectivity index (χ0) is 22.1. The lowest BCUT2D eigenvalue weighted by Crippen LogP contribution is -2.57. The second kappa shape index (κ2) is 11.0. The topological polar surface area (TPSA) is 105 Å². The van der Waals surface area contributed by atoms with Crippen molar-refractivity contribution in [3.63, 3.8) is 0 Å². The smallest absolute Gasteiger partial charge is 0.324 e. The van der Waals surface area contributed by atoms with Crippen LogP contribution in [0.15, 0.2) is 24.3 Å². The van der Waals surface area contributed by atoms with E-state index in [1.165, 1.54) is 11.4 Å². The summed E-state index contributed by atoms with van der Waals surface area (Å²) in [6, 6.07) is 5.91. The number of esters is 1. The largest absolute Gasteiger partial charge is 0.481 e.